The van der Waals surface area contributed by atoms with Gasteiger partial charge in [-0.2, -0.15) is 4.58 Å². The van der Waals surface area contributed by atoms with E-state index in [1.807, 2.05) is 0 Å². The minimum Gasteiger partial charge on any atom is -0.481 e. The third kappa shape index (κ3) is 6.76. The van der Waals surface area contributed by atoms with Gasteiger partial charge in [0.15, 0.2) is 12.3 Å². The summed E-state index contributed by atoms with van der Waals surface area (Å²) in [6, 6.07) is 25.6. The van der Waals surface area contributed by atoms with E-state index in [0.29, 0.717) is 13.1 Å². The van der Waals surface area contributed by atoms with Crippen LogP contribution in [0, 0.1) is 0 Å². The van der Waals surface area contributed by atoms with E-state index < -0.39 is 11.9 Å². The number of aliphatic carboxylic acids is 2. The molecule has 4 aromatic carbocycles. The van der Waals surface area contributed by atoms with Gasteiger partial charge in [-0.05, 0) is 72.0 Å². The van der Waals surface area contributed by atoms with Gasteiger partial charge in [-0.3, -0.25) is 9.59 Å². The molecule has 0 radical (unpaired) electrons. The van der Waals surface area contributed by atoms with E-state index in [4.69, 9.17) is 0 Å². The van der Waals surface area contributed by atoms with E-state index in [9.17, 15) is 19.8 Å². The van der Waals surface area contributed by atoms with E-state index in [0.717, 1.165) is 61.3 Å². The van der Waals surface area contributed by atoms with Gasteiger partial charge in [-0.25, -0.2) is 0 Å². The van der Waals surface area contributed by atoms with Gasteiger partial charge in [-0.1, -0.05) is 112 Å². The minimum atomic E-state index is -0.807. The molecule has 2 atom stereocenters. The van der Waals surface area contributed by atoms with Crippen molar-refractivity contribution in [2.45, 2.75) is 89.9 Å². The fraction of sp³-hybridized carbons (Fsp3) is 0.356. The van der Waals surface area contributed by atoms with E-state index in [1.165, 1.54) is 32.7 Å². The highest BCUT2D eigenvalue weighted by Crippen LogP contribution is 2.53. The van der Waals surface area contributed by atoms with Crippen LogP contribution < -0.4 is 4.90 Å². The lowest BCUT2D eigenvalue weighted by atomic mass is 9.73. The smallest absolute Gasteiger partial charge is 0.309 e. The molecule has 6 heteroatoms. The predicted molar refractivity (Wildman–Crippen MR) is 210 cm³/mol. The molecule has 2 N–H and O–H groups in total. The Balaban J connectivity index is 1.42. The van der Waals surface area contributed by atoms with Gasteiger partial charge >= 0.3 is 11.9 Å². The number of hydrogen-bond acceptors (Lipinski definition) is 3. The van der Waals surface area contributed by atoms with E-state index in [2.05, 4.69) is 140 Å². The zero-order chi connectivity index (χ0) is 36.2. The molecule has 0 saturated carbocycles. The van der Waals surface area contributed by atoms with Gasteiger partial charge in [0.2, 0.25) is 5.69 Å². The average Bonchev–Trinajstić information content (AvgIpc) is 3.52. The van der Waals surface area contributed by atoms with Gasteiger partial charge in [0.1, 0.15) is 6.42 Å². The number of fused-ring (bicyclic) bond motifs is 6. The highest BCUT2D eigenvalue weighted by molar-refractivity contribution is 6.08. The first-order valence-electron chi connectivity index (χ1n) is 18.6. The third-order valence-electron chi connectivity index (χ3n) is 11.1. The van der Waals surface area contributed by atoms with Crippen molar-refractivity contribution in [1.29, 1.82) is 0 Å². The average molecular weight is 684 g/mol. The van der Waals surface area contributed by atoms with Crippen molar-refractivity contribution in [3.8, 4) is 0 Å². The van der Waals surface area contributed by atoms with Gasteiger partial charge in [0, 0.05) is 41.1 Å². The molecule has 2 aliphatic heterocycles. The van der Waals surface area contributed by atoms with Crippen LogP contribution in [0.15, 0.2) is 109 Å². The molecule has 0 spiro atoms. The lowest BCUT2D eigenvalue weighted by Gasteiger charge is -2.30. The Morgan fingerprint density at radius 3 is 1.98 bits per heavy atom. The van der Waals surface area contributed by atoms with E-state index in [-0.39, 0.29) is 23.7 Å². The van der Waals surface area contributed by atoms with Crippen molar-refractivity contribution >= 4 is 50.6 Å². The number of nitrogens with zero attached hydrogens (tertiary/aromatic N) is 2. The van der Waals surface area contributed by atoms with Crippen molar-refractivity contribution in [2.75, 3.05) is 18.0 Å². The number of carbonyl (C=O) groups is 2. The molecule has 0 aliphatic carbocycles. The summed E-state index contributed by atoms with van der Waals surface area (Å²) in [4.78, 5) is 25.9. The number of benzene rings is 4. The molecule has 6 rings (SSSR count). The van der Waals surface area contributed by atoms with Gasteiger partial charge < -0.3 is 15.1 Å². The van der Waals surface area contributed by atoms with Gasteiger partial charge in [-0.15, -0.1) is 0 Å². The van der Waals surface area contributed by atoms with Crippen LogP contribution >= 0.6 is 0 Å². The van der Waals surface area contributed by atoms with Crippen LogP contribution in [0.3, 0.4) is 0 Å². The second-order valence-electron chi connectivity index (χ2n) is 14.5. The molecule has 2 unspecified atom stereocenters. The standard InChI is InChI=1S/C45H50N2O4/c1-5-7-28-44(3)38(46(30-26-40(48)49)36-24-22-32-16-12-14-18-34(32)42(36)44)20-10-9-11-21-39-45(4,29-8-6-2)43-35-19-15-13-17-33(35)23-25-37(43)47(39)31-27-41(50)51/h9-25H,5-8,26-31H2,1-4H3,(H-,48,49,50,51)/p+1. The number of rotatable bonds is 15. The summed E-state index contributed by atoms with van der Waals surface area (Å²) in [6.07, 6.45) is 16.9. The Kier molecular flexibility index (Phi) is 10.6. The first-order chi connectivity index (χ1) is 24.6. The quantitative estimate of drug-likeness (QED) is 0.0963. The molecular formula is C45H51N2O4+. The second kappa shape index (κ2) is 15.1. The SMILES string of the molecule is CCCCC1(C)C(/C=C/C=C/C=C2/N(CCC(=O)O)c3ccc4ccccc4c3C2(C)CCCC)=[N+](CCC(=O)O)c2ccc3ccccc3c21. The lowest BCUT2D eigenvalue weighted by molar-refractivity contribution is -0.436. The van der Waals surface area contributed by atoms with Crippen molar-refractivity contribution in [2.24, 2.45) is 0 Å². The van der Waals surface area contributed by atoms with E-state index in [1.54, 1.807) is 0 Å². The molecule has 4 aromatic rings. The van der Waals surface area contributed by atoms with Crippen LogP contribution in [0.25, 0.3) is 21.5 Å². The predicted octanol–water partition coefficient (Wildman–Crippen LogP) is 10.5. The maximum atomic E-state index is 11.8. The topological polar surface area (TPSA) is 80.9 Å². The molecule has 2 aliphatic rings. The van der Waals surface area contributed by atoms with Crippen LogP contribution in [0.1, 0.15) is 90.2 Å². The summed E-state index contributed by atoms with van der Waals surface area (Å²) in [5.74, 6) is -1.61. The van der Waals surface area contributed by atoms with Crippen LogP contribution in [0.5, 0.6) is 0 Å². The zero-order valence-electron chi connectivity index (χ0n) is 30.5. The summed E-state index contributed by atoms with van der Waals surface area (Å²) in [5, 5.41) is 24.2. The summed E-state index contributed by atoms with van der Waals surface area (Å²) < 4.78 is 2.22. The van der Waals surface area contributed by atoms with Crippen molar-refractivity contribution in [1.82, 2.24) is 0 Å². The molecule has 264 valence electrons. The fourth-order valence-corrected chi connectivity index (χ4v) is 8.61. The van der Waals surface area contributed by atoms with Crippen LogP contribution in [0.4, 0.5) is 11.4 Å². The van der Waals surface area contributed by atoms with Crippen LogP contribution in [-0.4, -0.2) is 45.5 Å². The highest BCUT2D eigenvalue weighted by atomic mass is 16.4. The summed E-state index contributed by atoms with van der Waals surface area (Å²) in [6.45, 7) is 9.87. The molecule has 0 bridgehead atoms. The Labute approximate surface area is 302 Å². The number of allylic oxidation sites excluding steroid dienone is 6. The number of carboxylic acids is 2. The second-order valence-corrected chi connectivity index (χ2v) is 14.5. The molecular weight excluding hydrogens is 633 g/mol. The molecule has 0 fully saturated rings. The van der Waals surface area contributed by atoms with Gasteiger partial charge in [0.05, 0.1) is 11.8 Å². The number of unbranched alkanes of at least 4 members (excludes halogenated alkanes) is 2. The van der Waals surface area contributed by atoms with Crippen molar-refractivity contribution in [3.63, 3.8) is 0 Å². The summed E-state index contributed by atoms with van der Waals surface area (Å²) >= 11 is 0. The minimum absolute atomic E-state index is 0.0488. The monoisotopic (exact) mass is 683 g/mol. The largest absolute Gasteiger partial charge is 0.481 e. The van der Waals surface area contributed by atoms with E-state index >= 15 is 0 Å². The van der Waals surface area contributed by atoms with Crippen LogP contribution in [0.2, 0.25) is 0 Å². The van der Waals surface area contributed by atoms with Crippen molar-refractivity contribution in [3.05, 3.63) is 120 Å². The van der Waals surface area contributed by atoms with Gasteiger partial charge in [0.25, 0.3) is 0 Å². The Hall–Kier alpha value is -4.97. The molecule has 0 saturated heterocycles. The highest BCUT2D eigenvalue weighted by Gasteiger charge is 2.48. The summed E-state index contributed by atoms with van der Waals surface area (Å²) in [5.41, 5.74) is 6.42. The number of anilines is 1. The molecule has 2 heterocycles. The zero-order valence-corrected chi connectivity index (χ0v) is 30.5. The first kappa shape index (κ1) is 35.8. The van der Waals surface area contributed by atoms with Crippen molar-refractivity contribution < 1.29 is 24.4 Å². The molecule has 6 nitrogen and oxygen atoms in total. The Bertz CT molecular complexity index is 2090. The maximum absolute atomic E-state index is 11.8. The Morgan fingerprint density at radius 1 is 0.725 bits per heavy atom. The lowest BCUT2D eigenvalue weighted by Crippen LogP contribution is -2.32. The molecule has 51 heavy (non-hydrogen) atoms. The first-order valence-corrected chi connectivity index (χ1v) is 18.6. The fourth-order valence-electron chi connectivity index (χ4n) is 8.61. The summed E-state index contributed by atoms with van der Waals surface area (Å²) in [7, 11) is 0. The molecule has 0 amide bonds. The maximum Gasteiger partial charge on any atom is 0.309 e. The number of hydrogen-bond donors (Lipinski definition) is 2. The third-order valence-corrected chi connectivity index (χ3v) is 11.1. The molecule has 0 aromatic heterocycles. The normalized spacial score (nSPS) is 20.8. The number of carboxylic acid groups (broad SMARTS) is 2. The van der Waals surface area contributed by atoms with Crippen LogP contribution in [-0.2, 0) is 20.4 Å². The Morgan fingerprint density at radius 2 is 1.33 bits per heavy atom.